The number of aromatic nitrogens is 2. The van der Waals surface area contributed by atoms with E-state index in [-0.39, 0.29) is 12.6 Å². The molecule has 0 radical (unpaired) electrons. The first kappa shape index (κ1) is 10.8. The molecule has 15 heavy (non-hydrogen) atoms. The smallest absolute Gasteiger partial charge is 0.411 e. The molecule has 82 valence electrons. The van der Waals surface area contributed by atoms with E-state index in [0.29, 0.717) is 0 Å². The monoisotopic (exact) mass is 214 g/mol. The first-order valence-electron chi connectivity index (χ1n) is 4.07. The van der Waals surface area contributed by atoms with Crippen LogP contribution in [0.4, 0.5) is 16.4 Å². The van der Waals surface area contributed by atoms with E-state index in [9.17, 15) is 14.7 Å². The molecule has 1 aromatic rings. The number of nitrogen functional groups attached to an aromatic ring is 1. The second-order valence-corrected chi connectivity index (χ2v) is 2.50. The van der Waals surface area contributed by atoms with Crippen LogP contribution in [0, 0.1) is 0 Å². The number of ether oxygens (including phenoxy) is 1. The summed E-state index contributed by atoms with van der Waals surface area (Å²) in [5.41, 5.74) is 3.99. The summed E-state index contributed by atoms with van der Waals surface area (Å²) in [4.78, 5) is 27.6. The Morgan fingerprint density at radius 1 is 1.73 bits per heavy atom. The highest BCUT2D eigenvalue weighted by molar-refractivity contribution is 5.85. The molecule has 0 atom stereocenters. The Hall–Kier alpha value is -2.25. The number of nitrogens with zero attached hydrogens (tertiary/aromatic N) is 1. The summed E-state index contributed by atoms with van der Waals surface area (Å²) in [6.45, 7) is 1.75. The lowest BCUT2D eigenvalue weighted by Gasteiger charge is -2.05. The quantitative estimate of drug-likeness (QED) is 0.531. The largest absolute Gasteiger partial charge is 0.492 e. The number of rotatable bonds is 2. The first-order chi connectivity index (χ1) is 7.04. The van der Waals surface area contributed by atoms with Crippen molar-refractivity contribution in [3.8, 4) is 5.88 Å². The van der Waals surface area contributed by atoms with Crippen LogP contribution in [-0.2, 0) is 4.74 Å². The van der Waals surface area contributed by atoms with E-state index in [1.807, 2.05) is 5.32 Å². The highest BCUT2D eigenvalue weighted by atomic mass is 16.5. The van der Waals surface area contributed by atoms with E-state index >= 15 is 0 Å². The van der Waals surface area contributed by atoms with Crippen LogP contribution < -0.4 is 16.6 Å². The molecule has 0 aliphatic heterocycles. The number of aromatic hydroxyl groups is 1. The number of amides is 1. The van der Waals surface area contributed by atoms with Crippen LogP contribution in [0.15, 0.2) is 4.79 Å². The molecule has 8 heteroatoms. The maximum absolute atomic E-state index is 11.2. The Morgan fingerprint density at radius 2 is 2.40 bits per heavy atom. The van der Waals surface area contributed by atoms with Crippen molar-refractivity contribution in [1.82, 2.24) is 9.97 Å². The fourth-order valence-electron chi connectivity index (χ4n) is 0.860. The predicted molar refractivity (Wildman–Crippen MR) is 51.6 cm³/mol. The number of nitrogens with one attached hydrogen (secondary N) is 2. The summed E-state index contributed by atoms with van der Waals surface area (Å²) in [7, 11) is 0. The summed E-state index contributed by atoms with van der Waals surface area (Å²) in [6, 6.07) is 0. The molecule has 0 aliphatic rings. The maximum Gasteiger partial charge on any atom is 0.411 e. The van der Waals surface area contributed by atoms with Crippen molar-refractivity contribution >= 4 is 17.7 Å². The average molecular weight is 214 g/mol. The first-order valence-corrected chi connectivity index (χ1v) is 4.07. The van der Waals surface area contributed by atoms with Gasteiger partial charge in [0.05, 0.1) is 6.61 Å². The van der Waals surface area contributed by atoms with E-state index in [1.54, 1.807) is 6.92 Å². The molecular formula is C7H10N4O4. The van der Waals surface area contributed by atoms with Gasteiger partial charge in [-0.2, -0.15) is 4.98 Å². The van der Waals surface area contributed by atoms with Gasteiger partial charge in [0, 0.05) is 0 Å². The van der Waals surface area contributed by atoms with Gasteiger partial charge < -0.3 is 15.6 Å². The molecule has 0 spiro atoms. The van der Waals surface area contributed by atoms with Gasteiger partial charge in [0.2, 0.25) is 11.8 Å². The Labute approximate surface area is 84.1 Å². The standard InChI is InChI=1S/C7H10N4O4/c1-2-15-7(14)9-3-4(12)10-6(8)11-5(3)13/h2H2,1H3,(H,9,14)(H4,8,10,11,12,13). The van der Waals surface area contributed by atoms with E-state index in [1.165, 1.54) is 0 Å². The molecule has 0 fully saturated rings. The predicted octanol–water partition coefficient (Wildman–Crippen LogP) is -0.374. The molecule has 1 heterocycles. The van der Waals surface area contributed by atoms with Crippen LogP contribution in [0.2, 0.25) is 0 Å². The van der Waals surface area contributed by atoms with Gasteiger partial charge in [-0.15, -0.1) is 0 Å². The minimum atomic E-state index is -0.857. The van der Waals surface area contributed by atoms with Gasteiger partial charge in [-0.3, -0.25) is 15.1 Å². The minimum absolute atomic E-state index is 0.146. The van der Waals surface area contributed by atoms with Crippen molar-refractivity contribution in [3.05, 3.63) is 10.4 Å². The van der Waals surface area contributed by atoms with E-state index in [2.05, 4.69) is 14.7 Å². The lowest BCUT2D eigenvalue weighted by molar-refractivity contribution is 0.167. The molecule has 0 bridgehead atoms. The summed E-state index contributed by atoms with van der Waals surface area (Å²) >= 11 is 0. The van der Waals surface area contributed by atoms with Gasteiger partial charge >= 0.3 is 6.09 Å². The number of nitrogens with two attached hydrogens (primary N) is 1. The molecule has 0 saturated heterocycles. The molecule has 0 unspecified atom stereocenters. The van der Waals surface area contributed by atoms with Crippen LogP contribution in [0.25, 0.3) is 0 Å². The fourth-order valence-corrected chi connectivity index (χ4v) is 0.860. The van der Waals surface area contributed by atoms with Gasteiger partial charge in [-0.25, -0.2) is 4.79 Å². The van der Waals surface area contributed by atoms with Gasteiger partial charge in [-0.1, -0.05) is 0 Å². The van der Waals surface area contributed by atoms with Crippen LogP contribution in [0.5, 0.6) is 5.88 Å². The molecular weight excluding hydrogens is 204 g/mol. The third-order valence-electron chi connectivity index (χ3n) is 1.42. The molecule has 5 N–H and O–H groups in total. The van der Waals surface area contributed by atoms with Gasteiger partial charge in [0.15, 0.2) is 5.69 Å². The van der Waals surface area contributed by atoms with Crippen LogP contribution in [0.1, 0.15) is 6.92 Å². The molecule has 0 aromatic carbocycles. The minimum Gasteiger partial charge on any atom is -0.492 e. The lowest BCUT2D eigenvalue weighted by atomic mass is 10.5. The topological polar surface area (TPSA) is 130 Å². The summed E-state index contributed by atoms with van der Waals surface area (Å²) in [5, 5.41) is 11.2. The maximum atomic E-state index is 11.2. The second-order valence-electron chi connectivity index (χ2n) is 2.50. The highest BCUT2D eigenvalue weighted by Crippen LogP contribution is 2.14. The Balaban J connectivity index is 2.95. The van der Waals surface area contributed by atoms with Crippen molar-refractivity contribution in [2.24, 2.45) is 0 Å². The Morgan fingerprint density at radius 3 is 2.93 bits per heavy atom. The van der Waals surface area contributed by atoms with Crippen LogP contribution in [0.3, 0.4) is 0 Å². The number of hydrogen-bond donors (Lipinski definition) is 4. The summed E-state index contributed by atoms with van der Waals surface area (Å²) < 4.78 is 4.51. The zero-order valence-corrected chi connectivity index (χ0v) is 7.90. The second kappa shape index (κ2) is 4.31. The Kier molecular flexibility index (Phi) is 3.11. The SMILES string of the molecule is CCOC(=O)Nc1c(O)nc(N)[nH]c1=O. The zero-order valence-electron chi connectivity index (χ0n) is 7.90. The Bertz CT molecular complexity index is 427. The molecule has 1 rings (SSSR count). The van der Waals surface area contributed by atoms with Crippen molar-refractivity contribution in [1.29, 1.82) is 0 Å². The number of hydrogen-bond acceptors (Lipinski definition) is 6. The van der Waals surface area contributed by atoms with Crippen molar-refractivity contribution in [2.75, 3.05) is 17.7 Å². The van der Waals surface area contributed by atoms with Crippen LogP contribution >= 0.6 is 0 Å². The van der Waals surface area contributed by atoms with E-state index in [0.717, 1.165) is 0 Å². The van der Waals surface area contributed by atoms with E-state index < -0.39 is 23.2 Å². The summed E-state index contributed by atoms with van der Waals surface area (Å²) in [6.07, 6.45) is -0.857. The molecule has 1 aromatic heterocycles. The van der Waals surface area contributed by atoms with Crippen LogP contribution in [-0.4, -0.2) is 27.8 Å². The third-order valence-corrected chi connectivity index (χ3v) is 1.42. The van der Waals surface area contributed by atoms with E-state index in [4.69, 9.17) is 5.73 Å². The van der Waals surface area contributed by atoms with Crippen molar-refractivity contribution in [2.45, 2.75) is 6.92 Å². The van der Waals surface area contributed by atoms with Crippen molar-refractivity contribution in [3.63, 3.8) is 0 Å². The normalized spacial score (nSPS) is 9.67. The molecule has 0 saturated carbocycles. The molecule has 0 aliphatic carbocycles. The summed E-state index contributed by atoms with van der Waals surface area (Å²) in [5.74, 6) is -0.906. The number of carbonyl (C=O) groups is 1. The third kappa shape index (κ3) is 2.59. The molecule has 1 amide bonds. The number of carbonyl (C=O) groups excluding carboxylic acids is 1. The number of H-pyrrole nitrogens is 1. The average Bonchev–Trinajstić information content (AvgIpc) is 2.11. The fraction of sp³-hybridized carbons (Fsp3) is 0.286. The number of anilines is 2. The van der Waals surface area contributed by atoms with Gasteiger partial charge in [0.1, 0.15) is 0 Å². The zero-order chi connectivity index (χ0) is 11.4. The number of aromatic amines is 1. The van der Waals surface area contributed by atoms with Gasteiger partial charge in [0.25, 0.3) is 5.56 Å². The highest BCUT2D eigenvalue weighted by Gasteiger charge is 2.12. The van der Waals surface area contributed by atoms with Gasteiger partial charge in [-0.05, 0) is 6.92 Å². The molecule has 8 nitrogen and oxygen atoms in total. The lowest BCUT2D eigenvalue weighted by Crippen LogP contribution is -2.22. The van der Waals surface area contributed by atoms with Crippen molar-refractivity contribution < 1.29 is 14.6 Å².